The third-order valence-electron chi connectivity index (χ3n) is 3.54. The zero-order valence-corrected chi connectivity index (χ0v) is 12.8. The van der Waals surface area contributed by atoms with Gasteiger partial charge in [-0.15, -0.1) is 0 Å². The highest BCUT2D eigenvalue weighted by molar-refractivity contribution is 5.87. The zero-order valence-electron chi connectivity index (χ0n) is 12.8. The van der Waals surface area contributed by atoms with E-state index in [0.29, 0.717) is 6.92 Å². The average molecular weight is 426 g/mol. The van der Waals surface area contributed by atoms with Gasteiger partial charge >= 0.3 is 36.2 Å². The summed E-state index contributed by atoms with van der Waals surface area (Å²) in [6.07, 6.45) is -26.8. The third-order valence-corrected chi connectivity index (χ3v) is 3.54. The van der Waals surface area contributed by atoms with Crippen molar-refractivity contribution in [3.8, 4) is 0 Å². The lowest BCUT2D eigenvalue weighted by molar-refractivity contribution is -0.517. The second-order valence-electron chi connectivity index (χ2n) is 5.56. The number of esters is 1. The van der Waals surface area contributed by atoms with Gasteiger partial charge in [0.15, 0.2) is 6.10 Å². The Hall–Kier alpha value is -1.64. The lowest BCUT2D eigenvalue weighted by Gasteiger charge is -2.52. The maximum absolute atomic E-state index is 14.3. The predicted molar refractivity (Wildman–Crippen MR) is 61.2 cm³/mol. The van der Waals surface area contributed by atoms with Gasteiger partial charge in [-0.1, -0.05) is 6.58 Å². The van der Waals surface area contributed by atoms with Crippen molar-refractivity contribution in [1.29, 1.82) is 0 Å². The van der Waals surface area contributed by atoms with Crippen LogP contribution in [-0.4, -0.2) is 53.0 Å². The molecule has 1 aliphatic rings. The molecule has 0 amide bonds. The van der Waals surface area contributed by atoms with E-state index in [9.17, 15) is 53.1 Å². The van der Waals surface area contributed by atoms with Gasteiger partial charge in [0, 0.05) is 12.0 Å². The maximum atomic E-state index is 14.3. The van der Waals surface area contributed by atoms with Crippen LogP contribution in [0.1, 0.15) is 13.3 Å². The first kappa shape index (κ1) is 23.4. The Bertz CT molecular complexity index is 620. The van der Waals surface area contributed by atoms with Gasteiger partial charge in [0.2, 0.25) is 0 Å². The van der Waals surface area contributed by atoms with Crippen molar-refractivity contribution in [2.24, 2.45) is 0 Å². The minimum Gasteiger partial charge on any atom is -0.439 e. The van der Waals surface area contributed by atoms with Gasteiger partial charge in [0.25, 0.3) is 5.60 Å². The molecule has 0 bridgehead atoms. The van der Waals surface area contributed by atoms with E-state index in [1.165, 1.54) is 0 Å². The van der Waals surface area contributed by atoms with Crippen LogP contribution in [0.3, 0.4) is 0 Å². The Morgan fingerprint density at radius 3 is 1.81 bits per heavy atom. The van der Waals surface area contributed by atoms with Crippen molar-refractivity contribution < 1.29 is 67.7 Å². The van der Waals surface area contributed by atoms with Gasteiger partial charge < -0.3 is 14.6 Å². The van der Waals surface area contributed by atoms with E-state index in [4.69, 9.17) is 5.11 Å². The molecule has 3 atom stereocenters. The summed E-state index contributed by atoms with van der Waals surface area (Å²) >= 11 is 0. The molecular weight excluding hydrogens is 417 g/mol. The van der Waals surface area contributed by atoms with Gasteiger partial charge in [-0.3, -0.25) is 0 Å². The molecule has 0 spiro atoms. The molecule has 3 unspecified atom stereocenters. The summed E-state index contributed by atoms with van der Waals surface area (Å²) in [6.45, 7) is 3.31. The van der Waals surface area contributed by atoms with E-state index >= 15 is 0 Å². The number of aliphatic hydroxyl groups is 1. The van der Waals surface area contributed by atoms with E-state index in [0.717, 1.165) is 0 Å². The summed E-state index contributed by atoms with van der Waals surface area (Å²) in [5.41, 5.74) is -6.77. The van der Waals surface area contributed by atoms with Crippen molar-refractivity contribution in [1.82, 2.24) is 0 Å². The molecule has 1 rings (SSSR count). The lowest BCUT2D eigenvalue weighted by atomic mass is 9.79. The molecule has 0 radical (unpaired) electrons. The zero-order chi connectivity index (χ0) is 21.9. The Labute approximate surface area is 142 Å². The second-order valence-corrected chi connectivity index (χ2v) is 5.56. The van der Waals surface area contributed by atoms with Crippen LogP contribution in [0.2, 0.25) is 0 Å². The average Bonchev–Trinajstić information content (AvgIpc) is 2.39. The molecule has 0 aromatic carbocycles. The number of carbonyl (C=O) groups is 1. The number of ether oxygens (including phenoxy) is 2. The first-order chi connectivity index (χ1) is 11.6. The highest BCUT2D eigenvalue weighted by Gasteiger charge is 2.90. The fourth-order valence-electron chi connectivity index (χ4n) is 2.11. The van der Waals surface area contributed by atoms with Crippen molar-refractivity contribution in [3.05, 3.63) is 12.2 Å². The normalized spacial score (nSPS) is 32.1. The van der Waals surface area contributed by atoms with Crippen molar-refractivity contribution in [2.45, 2.75) is 55.3 Å². The summed E-state index contributed by atoms with van der Waals surface area (Å²) in [4.78, 5) is 11.3. The number of carbonyl (C=O) groups excluding carboxylic acids is 1. The standard InChI is InChI=1S/C12H9F11O4/c1-4(2)6(24)27-7(11(18,19)20)3-5(8(13,14)15)26-10(25,9(7,16)17)12(21,22)23/h5,25H,1,3H2,2H3. The molecule has 1 saturated heterocycles. The Kier molecular flexibility index (Phi) is 5.36. The molecule has 15 heteroatoms. The molecule has 1 fully saturated rings. The SMILES string of the molecule is C=C(C)C(=O)OC1(C(F)(F)F)CC(C(F)(F)F)OC(O)(C(F)(F)F)C1(F)F. The van der Waals surface area contributed by atoms with Crippen molar-refractivity contribution in [3.63, 3.8) is 0 Å². The number of alkyl halides is 11. The number of halogens is 11. The lowest BCUT2D eigenvalue weighted by Crippen LogP contribution is -2.80. The molecule has 0 aromatic rings. The molecule has 1 heterocycles. The molecule has 158 valence electrons. The Morgan fingerprint density at radius 1 is 1.07 bits per heavy atom. The monoisotopic (exact) mass is 426 g/mol. The van der Waals surface area contributed by atoms with E-state index < -0.39 is 59.9 Å². The van der Waals surface area contributed by atoms with E-state index in [-0.39, 0.29) is 0 Å². The topological polar surface area (TPSA) is 55.8 Å². The minimum atomic E-state index is -6.84. The molecule has 1 N–H and O–H groups in total. The van der Waals surface area contributed by atoms with Gasteiger partial charge in [-0.05, 0) is 6.92 Å². The van der Waals surface area contributed by atoms with Crippen molar-refractivity contribution >= 4 is 5.97 Å². The summed E-state index contributed by atoms with van der Waals surface area (Å²) in [7, 11) is 0. The predicted octanol–water partition coefficient (Wildman–Crippen LogP) is 3.64. The van der Waals surface area contributed by atoms with Crippen LogP contribution in [0.15, 0.2) is 12.2 Å². The van der Waals surface area contributed by atoms with Gasteiger partial charge in [0.1, 0.15) is 0 Å². The second kappa shape index (κ2) is 6.18. The van der Waals surface area contributed by atoms with Crippen LogP contribution >= 0.6 is 0 Å². The van der Waals surface area contributed by atoms with E-state index in [1.807, 2.05) is 0 Å². The molecule has 4 nitrogen and oxygen atoms in total. The fourth-order valence-corrected chi connectivity index (χ4v) is 2.11. The molecule has 1 aliphatic heterocycles. The number of hydrogen-bond acceptors (Lipinski definition) is 4. The molecule has 0 aliphatic carbocycles. The molecule has 0 saturated carbocycles. The van der Waals surface area contributed by atoms with Crippen LogP contribution in [0, 0.1) is 0 Å². The Balaban J connectivity index is 3.84. The summed E-state index contributed by atoms with van der Waals surface area (Å²) in [5.74, 6) is -15.3. The van der Waals surface area contributed by atoms with E-state index in [1.54, 1.807) is 0 Å². The van der Waals surface area contributed by atoms with Gasteiger partial charge in [-0.25, -0.2) is 4.79 Å². The van der Waals surface area contributed by atoms with Crippen molar-refractivity contribution in [2.75, 3.05) is 0 Å². The summed E-state index contributed by atoms with van der Waals surface area (Å²) in [6, 6.07) is 0. The molecule has 27 heavy (non-hydrogen) atoms. The van der Waals surface area contributed by atoms with Crippen LogP contribution in [0.4, 0.5) is 48.3 Å². The largest absolute Gasteiger partial charge is 0.449 e. The quantitative estimate of drug-likeness (QED) is 0.416. The minimum absolute atomic E-state index is 0.598. The number of rotatable bonds is 2. The first-order valence-corrected chi connectivity index (χ1v) is 6.51. The van der Waals surface area contributed by atoms with Crippen LogP contribution < -0.4 is 0 Å². The van der Waals surface area contributed by atoms with Gasteiger partial charge in [0.05, 0.1) is 0 Å². The molecule has 0 aromatic heterocycles. The van der Waals surface area contributed by atoms with Crippen LogP contribution in [0.25, 0.3) is 0 Å². The summed E-state index contributed by atoms with van der Waals surface area (Å²) < 4.78 is 152. The van der Waals surface area contributed by atoms with Crippen LogP contribution in [-0.2, 0) is 14.3 Å². The fraction of sp³-hybridized carbons (Fsp3) is 0.750. The summed E-state index contributed by atoms with van der Waals surface area (Å²) in [5, 5.41) is 9.11. The maximum Gasteiger partial charge on any atom is 0.449 e. The molecular formula is C12H9F11O4. The first-order valence-electron chi connectivity index (χ1n) is 6.51. The number of hydrogen-bond donors (Lipinski definition) is 1. The van der Waals surface area contributed by atoms with E-state index in [2.05, 4.69) is 16.1 Å². The third kappa shape index (κ3) is 3.46. The smallest absolute Gasteiger partial charge is 0.439 e. The van der Waals surface area contributed by atoms with Crippen LogP contribution in [0.5, 0.6) is 0 Å². The Morgan fingerprint density at radius 2 is 1.52 bits per heavy atom. The highest BCUT2D eigenvalue weighted by Crippen LogP contribution is 2.61. The highest BCUT2D eigenvalue weighted by atomic mass is 19.4. The van der Waals surface area contributed by atoms with Gasteiger partial charge in [-0.2, -0.15) is 48.3 Å².